The summed E-state index contributed by atoms with van der Waals surface area (Å²) in [4.78, 5) is 14.8. The van der Waals surface area contributed by atoms with E-state index in [4.69, 9.17) is 9.47 Å². The summed E-state index contributed by atoms with van der Waals surface area (Å²) < 4.78 is 10.5. The molecule has 0 spiro atoms. The second kappa shape index (κ2) is 7.07. The normalized spacial score (nSPS) is 31.0. The highest BCUT2D eigenvalue weighted by Crippen LogP contribution is 2.35. The first kappa shape index (κ1) is 16.7. The molecule has 2 unspecified atom stereocenters. The van der Waals surface area contributed by atoms with Crippen molar-refractivity contribution in [2.75, 3.05) is 27.4 Å². The summed E-state index contributed by atoms with van der Waals surface area (Å²) in [5, 5.41) is 3.47. The van der Waals surface area contributed by atoms with Crippen LogP contribution in [0.1, 0.15) is 46.0 Å². The van der Waals surface area contributed by atoms with Crippen LogP contribution in [0.2, 0.25) is 0 Å². The molecule has 21 heavy (non-hydrogen) atoms. The molecule has 1 saturated carbocycles. The minimum atomic E-state index is -0.507. The Bertz CT molecular complexity index is 355. The van der Waals surface area contributed by atoms with Gasteiger partial charge in [-0.1, -0.05) is 0 Å². The van der Waals surface area contributed by atoms with E-state index in [0.717, 1.165) is 45.3 Å². The fraction of sp³-hybridized carbons (Fsp3) is 0.938. The Morgan fingerprint density at radius 1 is 1.29 bits per heavy atom. The van der Waals surface area contributed by atoms with Gasteiger partial charge >= 0.3 is 5.97 Å². The lowest BCUT2D eigenvalue weighted by molar-refractivity contribution is -0.149. The predicted octanol–water partition coefficient (Wildman–Crippen LogP) is 1.56. The van der Waals surface area contributed by atoms with Crippen molar-refractivity contribution in [2.24, 2.45) is 0 Å². The summed E-state index contributed by atoms with van der Waals surface area (Å²) in [6.07, 6.45) is 4.93. The number of hydrogen-bond donors (Lipinski definition) is 1. The van der Waals surface area contributed by atoms with Crippen LogP contribution in [0.5, 0.6) is 0 Å². The van der Waals surface area contributed by atoms with Crippen molar-refractivity contribution < 1.29 is 14.3 Å². The molecule has 5 nitrogen and oxygen atoms in total. The van der Waals surface area contributed by atoms with Crippen molar-refractivity contribution in [1.82, 2.24) is 10.2 Å². The van der Waals surface area contributed by atoms with Gasteiger partial charge in [-0.2, -0.15) is 0 Å². The van der Waals surface area contributed by atoms with E-state index in [1.54, 1.807) is 0 Å². The van der Waals surface area contributed by atoms with E-state index in [2.05, 4.69) is 31.1 Å². The largest absolute Gasteiger partial charge is 0.468 e. The van der Waals surface area contributed by atoms with Crippen LogP contribution in [-0.2, 0) is 14.3 Å². The van der Waals surface area contributed by atoms with Gasteiger partial charge in [-0.15, -0.1) is 0 Å². The number of carbonyl (C=O) groups excluding carboxylic acids is 1. The van der Waals surface area contributed by atoms with E-state index in [-0.39, 0.29) is 12.0 Å². The van der Waals surface area contributed by atoms with Crippen molar-refractivity contribution in [3.8, 4) is 0 Å². The molecule has 2 atom stereocenters. The first-order valence-corrected chi connectivity index (χ1v) is 8.14. The maximum absolute atomic E-state index is 12.3. The van der Waals surface area contributed by atoms with E-state index in [1.807, 2.05) is 0 Å². The molecule has 2 aliphatic rings. The number of rotatable bonds is 5. The van der Waals surface area contributed by atoms with Crippen molar-refractivity contribution >= 4 is 5.97 Å². The first-order valence-electron chi connectivity index (χ1n) is 8.14. The molecular formula is C16H30N2O3. The van der Waals surface area contributed by atoms with Gasteiger partial charge in [0.1, 0.15) is 5.54 Å². The Morgan fingerprint density at radius 3 is 2.52 bits per heavy atom. The van der Waals surface area contributed by atoms with Gasteiger partial charge in [0.2, 0.25) is 0 Å². The number of methoxy groups -OCH3 is 1. The van der Waals surface area contributed by atoms with Gasteiger partial charge in [-0.05, 0) is 53.0 Å². The molecule has 2 rings (SSSR count). The molecule has 1 aliphatic carbocycles. The second-order valence-electron chi connectivity index (χ2n) is 6.78. The van der Waals surface area contributed by atoms with Crippen molar-refractivity contribution in [2.45, 2.75) is 69.6 Å². The third kappa shape index (κ3) is 3.76. The Balaban J connectivity index is 2.02. The lowest BCUT2D eigenvalue weighted by Gasteiger charge is -2.37. The van der Waals surface area contributed by atoms with Gasteiger partial charge in [0.05, 0.1) is 7.11 Å². The first-order chi connectivity index (χ1) is 9.98. The van der Waals surface area contributed by atoms with Gasteiger partial charge in [-0.3, -0.25) is 10.1 Å². The zero-order valence-electron chi connectivity index (χ0n) is 13.9. The molecule has 2 fully saturated rings. The summed E-state index contributed by atoms with van der Waals surface area (Å²) in [5.41, 5.74) is -0.507. The predicted molar refractivity (Wildman–Crippen MR) is 82.3 cm³/mol. The third-order valence-electron chi connectivity index (χ3n) is 4.97. The summed E-state index contributed by atoms with van der Waals surface area (Å²) in [6, 6.07) is 1.30. The summed E-state index contributed by atoms with van der Waals surface area (Å²) in [7, 11) is 3.69. The highest BCUT2D eigenvalue weighted by Gasteiger charge is 2.48. The maximum atomic E-state index is 12.3. The molecule has 0 aromatic heterocycles. The molecule has 5 heteroatoms. The third-order valence-corrected chi connectivity index (χ3v) is 4.97. The molecule has 1 aliphatic heterocycles. The minimum absolute atomic E-state index is 0.112. The van der Waals surface area contributed by atoms with Crippen LogP contribution in [0.15, 0.2) is 0 Å². The smallest absolute Gasteiger partial charge is 0.326 e. The molecule has 1 N–H and O–H groups in total. The summed E-state index contributed by atoms with van der Waals surface area (Å²) in [6.45, 7) is 5.88. The van der Waals surface area contributed by atoms with E-state index >= 15 is 0 Å². The fourth-order valence-electron chi connectivity index (χ4n) is 3.88. The molecule has 122 valence electrons. The Hall–Kier alpha value is -0.650. The van der Waals surface area contributed by atoms with Gasteiger partial charge in [0, 0.05) is 31.3 Å². The highest BCUT2D eigenvalue weighted by atomic mass is 16.5. The second-order valence-corrected chi connectivity index (χ2v) is 6.78. The lowest BCUT2D eigenvalue weighted by Crippen LogP contribution is -2.54. The van der Waals surface area contributed by atoms with Gasteiger partial charge < -0.3 is 14.4 Å². The van der Waals surface area contributed by atoms with Crippen LogP contribution < -0.4 is 5.32 Å². The SMILES string of the molecule is COC(=O)C1(NC(C)C)CCC(N(C)C2CCOCC2)C1. The number of nitrogens with zero attached hydrogens (tertiary/aromatic N) is 1. The number of hydrogen-bond acceptors (Lipinski definition) is 5. The molecule has 0 amide bonds. The maximum Gasteiger partial charge on any atom is 0.326 e. The standard InChI is InChI=1S/C16H30N2O3/c1-12(2)17-16(15(19)20-4)8-5-14(11-16)18(3)13-6-9-21-10-7-13/h12-14,17H,5-11H2,1-4H3. The van der Waals surface area contributed by atoms with E-state index in [9.17, 15) is 4.79 Å². The average molecular weight is 298 g/mol. The Kier molecular flexibility index (Phi) is 5.63. The van der Waals surface area contributed by atoms with E-state index < -0.39 is 5.54 Å². The zero-order valence-corrected chi connectivity index (χ0v) is 13.9. The van der Waals surface area contributed by atoms with Gasteiger partial charge in [-0.25, -0.2) is 0 Å². The lowest BCUT2D eigenvalue weighted by atomic mass is 9.95. The molecule has 0 aromatic rings. The Labute approximate surface area is 128 Å². The minimum Gasteiger partial charge on any atom is -0.468 e. The van der Waals surface area contributed by atoms with Gasteiger partial charge in [0.25, 0.3) is 0 Å². The topological polar surface area (TPSA) is 50.8 Å². The van der Waals surface area contributed by atoms with Crippen LogP contribution in [-0.4, -0.2) is 61.9 Å². The van der Waals surface area contributed by atoms with E-state index in [0.29, 0.717) is 12.1 Å². The summed E-state index contributed by atoms with van der Waals surface area (Å²) >= 11 is 0. The van der Waals surface area contributed by atoms with Crippen LogP contribution in [0.4, 0.5) is 0 Å². The Morgan fingerprint density at radius 2 is 1.95 bits per heavy atom. The van der Waals surface area contributed by atoms with Crippen LogP contribution >= 0.6 is 0 Å². The van der Waals surface area contributed by atoms with Crippen LogP contribution in [0, 0.1) is 0 Å². The van der Waals surface area contributed by atoms with Crippen LogP contribution in [0.25, 0.3) is 0 Å². The number of esters is 1. The summed E-state index contributed by atoms with van der Waals surface area (Å²) in [5.74, 6) is -0.112. The van der Waals surface area contributed by atoms with E-state index in [1.165, 1.54) is 7.11 Å². The average Bonchev–Trinajstić information content (AvgIpc) is 2.91. The molecule has 0 radical (unpaired) electrons. The molecule has 0 bridgehead atoms. The number of nitrogens with one attached hydrogen (secondary N) is 1. The highest BCUT2D eigenvalue weighted by molar-refractivity contribution is 5.81. The molecular weight excluding hydrogens is 268 g/mol. The van der Waals surface area contributed by atoms with Crippen molar-refractivity contribution in [3.63, 3.8) is 0 Å². The monoisotopic (exact) mass is 298 g/mol. The molecule has 1 heterocycles. The molecule has 1 saturated heterocycles. The number of ether oxygens (including phenoxy) is 2. The van der Waals surface area contributed by atoms with Gasteiger partial charge in [0.15, 0.2) is 0 Å². The van der Waals surface area contributed by atoms with Crippen molar-refractivity contribution in [3.05, 3.63) is 0 Å². The fourth-order valence-corrected chi connectivity index (χ4v) is 3.88. The number of carbonyl (C=O) groups is 1. The van der Waals surface area contributed by atoms with Crippen LogP contribution in [0.3, 0.4) is 0 Å². The zero-order chi connectivity index (χ0) is 15.5. The van der Waals surface area contributed by atoms with Crippen molar-refractivity contribution in [1.29, 1.82) is 0 Å². The molecule has 0 aromatic carbocycles. The quantitative estimate of drug-likeness (QED) is 0.781.